The zero-order valence-electron chi connectivity index (χ0n) is 67.3. The van der Waals surface area contributed by atoms with E-state index in [0.29, 0.717) is 34.9 Å². The van der Waals surface area contributed by atoms with E-state index in [4.69, 9.17) is 39.4 Å². The third-order valence-electron chi connectivity index (χ3n) is 24.5. The molecule has 584 valence electrons. The maximum atomic E-state index is 6.94. The Bertz CT molecular complexity index is 7300. The average molecular weight is 1590 g/mol. The first-order chi connectivity index (χ1) is 61.5. The Morgan fingerprint density at radius 1 is 0.202 bits per heavy atom. The van der Waals surface area contributed by atoms with Crippen LogP contribution in [0.3, 0.4) is 0 Å². The van der Waals surface area contributed by atoms with Crippen molar-refractivity contribution in [3.8, 4) is 158 Å². The zero-order chi connectivity index (χ0) is 82.0. The van der Waals surface area contributed by atoms with Crippen molar-refractivity contribution in [3.63, 3.8) is 0 Å². The van der Waals surface area contributed by atoms with Gasteiger partial charge in [0.15, 0.2) is 34.9 Å². The van der Waals surface area contributed by atoms with Gasteiger partial charge in [0.1, 0.15) is 23.7 Å². The number of hydrogen-bond donors (Lipinski definition) is 0. The number of fused-ring (bicyclic) bond motifs is 14. The summed E-state index contributed by atoms with van der Waals surface area (Å²) in [7, 11) is 0. The van der Waals surface area contributed by atoms with Gasteiger partial charge in [-0.3, -0.25) is 0 Å². The fourth-order valence-corrected chi connectivity index (χ4v) is 18.6. The lowest BCUT2D eigenvalue weighted by Gasteiger charge is -2.23. The monoisotopic (exact) mass is 1590 g/mol. The summed E-state index contributed by atoms with van der Waals surface area (Å²) in [4.78, 5) is 30.7. The molecular weight excluding hydrogens is 1510 g/mol. The van der Waals surface area contributed by atoms with Gasteiger partial charge in [-0.1, -0.05) is 364 Å². The van der Waals surface area contributed by atoms with Gasteiger partial charge in [0, 0.05) is 89.6 Å². The number of aromatic nitrogens is 8. The highest BCUT2D eigenvalue weighted by Gasteiger charge is 2.43. The van der Waals surface area contributed by atoms with E-state index in [1.165, 1.54) is 66.6 Å². The summed E-state index contributed by atoms with van der Waals surface area (Å²) in [5.41, 5.74) is 31.1. The Morgan fingerprint density at radius 2 is 0.460 bits per heavy atom. The third-order valence-corrected chi connectivity index (χ3v) is 24.5. The van der Waals surface area contributed by atoms with Crippen LogP contribution in [0.5, 0.6) is 11.5 Å². The Balaban J connectivity index is 0.000000143. The normalized spacial score (nSPS) is 14.8. The number of benzene rings is 16. The highest BCUT2D eigenvalue weighted by molar-refractivity contribution is 5.95. The minimum Gasteiger partial charge on any atom is -0.484 e. The Labute approximate surface area is 718 Å². The second-order valence-electron chi connectivity index (χ2n) is 31.8. The van der Waals surface area contributed by atoms with E-state index < -0.39 is 0 Å². The van der Waals surface area contributed by atoms with Gasteiger partial charge >= 0.3 is 0 Å². The van der Waals surface area contributed by atoms with Crippen LogP contribution in [-0.4, -0.2) is 39.0 Å². The van der Waals surface area contributed by atoms with Crippen molar-refractivity contribution in [1.82, 2.24) is 39.0 Å². The van der Waals surface area contributed by atoms with Crippen molar-refractivity contribution < 1.29 is 9.47 Å². The molecule has 6 heterocycles. The quantitative estimate of drug-likeness (QED) is 0.106. The van der Waals surface area contributed by atoms with Gasteiger partial charge < -0.3 is 18.6 Å². The summed E-state index contributed by atoms with van der Waals surface area (Å²) in [6, 6.07) is 144. The minimum atomic E-state index is -0.136. The third kappa shape index (κ3) is 13.3. The van der Waals surface area contributed by atoms with E-state index in [1.807, 2.05) is 24.3 Å². The van der Waals surface area contributed by atoms with Crippen molar-refractivity contribution >= 4 is 34.0 Å². The summed E-state index contributed by atoms with van der Waals surface area (Å²) >= 11 is 0. The lowest BCUT2D eigenvalue weighted by Crippen LogP contribution is -2.13. The molecule has 16 aromatic carbocycles. The van der Waals surface area contributed by atoms with Crippen molar-refractivity contribution in [2.75, 3.05) is 0 Å². The van der Waals surface area contributed by atoms with E-state index in [1.54, 1.807) is 0 Å². The van der Waals surface area contributed by atoms with Crippen molar-refractivity contribution in [3.05, 3.63) is 458 Å². The summed E-state index contributed by atoms with van der Waals surface area (Å²) in [6.07, 6.45) is 8.99. The average Bonchev–Trinajstić information content (AvgIpc) is 1.56. The standard InChI is InChI=1S/2C57H38N4O/c1-4-15-37(16-5-1)41-19-12-21-43(35-41)56-58-55(59-57(60-56)44-22-13-20-42(36-44)38-17-6-2-7-18-38)40-31-29-39(30-32-40)46-26-14-28-51-52(46)48-33-34-50-53(54(48)62-51)47-25-10-11-27-49(47)61(50)45-23-8-3-9-24-45;1-4-13-37(14-5-1)39-23-29-42(30-24-39)55-58-56(43-31-25-40(26-32-43)38-15-6-2-7-16-38)60-57(59-55)44-33-27-41(28-34-44)46-20-12-22-51-52(46)48-35-36-50-53(54(48)62-51)47-19-10-11-21-49(47)61(50)45-17-8-3-9-18-45/h2*1-36,48,54H. The highest BCUT2D eigenvalue weighted by Crippen LogP contribution is 2.58. The fraction of sp³-hybridized carbons (Fsp3) is 0.0351. The lowest BCUT2D eigenvalue weighted by atomic mass is 9.82. The molecule has 24 rings (SSSR count). The number of ether oxygens (including phenoxy) is 2. The molecule has 2 aliphatic carbocycles. The molecule has 124 heavy (non-hydrogen) atoms. The molecule has 4 unspecified atom stereocenters. The molecule has 4 aliphatic rings. The molecule has 4 aromatic heterocycles. The number of para-hydroxylation sites is 4. The van der Waals surface area contributed by atoms with E-state index in [9.17, 15) is 0 Å². The molecule has 0 spiro atoms. The SMILES string of the molecule is C1=CC2c3c(cccc3-c3ccc(-c4nc(-c5ccc(-c6ccccc6)cc5)nc(-c5ccc(-c6ccccc6)cc5)n4)cc3)OC2c2c1n(-c1ccccc1)c1ccccc21.C1=CC2c3c(cccc3-c3ccc(-c4nc(-c5cccc(-c6ccccc6)c5)nc(-c5cccc(-c6ccccc6)c5)n4)cc3)OC2c2c1n(-c1ccccc1)c1ccccc21. The molecule has 4 atom stereocenters. The molecule has 0 bridgehead atoms. The molecule has 10 nitrogen and oxygen atoms in total. The molecule has 0 saturated heterocycles. The zero-order valence-corrected chi connectivity index (χ0v) is 67.3. The number of hydrogen-bond acceptors (Lipinski definition) is 8. The van der Waals surface area contributed by atoms with Crippen LogP contribution in [0, 0.1) is 0 Å². The van der Waals surface area contributed by atoms with Crippen LogP contribution in [0.1, 0.15) is 57.7 Å². The number of nitrogens with zero attached hydrogens (tertiary/aromatic N) is 8. The molecule has 0 N–H and O–H groups in total. The molecule has 0 fully saturated rings. The predicted octanol–water partition coefficient (Wildman–Crippen LogP) is 28.1. The summed E-state index contributed by atoms with van der Waals surface area (Å²) < 4.78 is 18.6. The van der Waals surface area contributed by atoms with Gasteiger partial charge in [-0.25, -0.2) is 29.9 Å². The van der Waals surface area contributed by atoms with Crippen LogP contribution in [0.15, 0.2) is 425 Å². The van der Waals surface area contributed by atoms with Gasteiger partial charge in [0.2, 0.25) is 0 Å². The minimum absolute atomic E-state index is 0.0651. The van der Waals surface area contributed by atoms with E-state index in [-0.39, 0.29) is 24.0 Å². The van der Waals surface area contributed by atoms with E-state index >= 15 is 0 Å². The van der Waals surface area contributed by atoms with Crippen LogP contribution in [-0.2, 0) is 0 Å². The summed E-state index contributed by atoms with van der Waals surface area (Å²) in [6.45, 7) is 0. The van der Waals surface area contributed by atoms with Gasteiger partial charge in [-0.2, -0.15) is 0 Å². The highest BCUT2D eigenvalue weighted by atomic mass is 16.5. The van der Waals surface area contributed by atoms with Crippen LogP contribution in [0.25, 0.3) is 180 Å². The molecule has 0 amide bonds. The summed E-state index contributed by atoms with van der Waals surface area (Å²) in [5.74, 6) is 5.73. The second kappa shape index (κ2) is 31.1. The van der Waals surface area contributed by atoms with Gasteiger partial charge in [-0.05, 0) is 140 Å². The molecule has 0 saturated carbocycles. The Kier molecular flexibility index (Phi) is 18.3. The van der Waals surface area contributed by atoms with Crippen LogP contribution in [0.4, 0.5) is 0 Å². The smallest absolute Gasteiger partial charge is 0.164 e. The Hall–Kier alpha value is -16.3. The number of rotatable bonds is 14. The maximum absolute atomic E-state index is 6.94. The predicted molar refractivity (Wildman–Crippen MR) is 502 cm³/mol. The second-order valence-corrected chi connectivity index (χ2v) is 31.8. The van der Waals surface area contributed by atoms with Crippen molar-refractivity contribution in [1.29, 1.82) is 0 Å². The van der Waals surface area contributed by atoms with Crippen LogP contribution in [0.2, 0.25) is 0 Å². The van der Waals surface area contributed by atoms with Crippen molar-refractivity contribution in [2.24, 2.45) is 0 Å². The first-order valence-corrected chi connectivity index (χ1v) is 42.2. The van der Waals surface area contributed by atoms with E-state index in [0.717, 1.165) is 112 Å². The molecule has 10 heteroatoms. The lowest BCUT2D eigenvalue weighted by molar-refractivity contribution is 0.224. The molecule has 2 aliphatic heterocycles. The topological polar surface area (TPSA) is 106 Å². The van der Waals surface area contributed by atoms with Gasteiger partial charge in [0.25, 0.3) is 0 Å². The summed E-state index contributed by atoms with van der Waals surface area (Å²) in [5, 5.41) is 2.44. The van der Waals surface area contributed by atoms with Crippen LogP contribution >= 0.6 is 0 Å². The molecule has 20 aromatic rings. The van der Waals surface area contributed by atoms with Gasteiger partial charge in [0.05, 0.1) is 22.4 Å². The fourth-order valence-electron chi connectivity index (χ4n) is 18.6. The maximum Gasteiger partial charge on any atom is 0.164 e. The molecular formula is C114H76N8O2. The largest absolute Gasteiger partial charge is 0.484 e. The van der Waals surface area contributed by atoms with Crippen molar-refractivity contribution in [2.45, 2.75) is 24.0 Å². The van der Waals surface area contributed by atoms with Gasteiger partial charge in [-0.15, -0.1) is 0 Å². The first-order valence-electron chi connectivity index (χ1n) is 42.2. The van der Waals surface area contributed by atoms with E-state index in [2.05, 4.69) is 422 Å². The van der Waals surface area contributed by atoms with Crippen LogP contribution < -0.4 is 9.47 Å². The first kappa shape index (κ1) is 72.9. The Morgan fingerprint density at radius 3 is 0.806 bits per heavy atom. The molecule has 0 radical (unpaired) electrons.